The summed E-state index contributed by atoms with van der Waals surface area (Å²) in [5.74, 6) is 0.0381. The second kappa shape index (κ2) is 5.55. The molecule has 4 nitrogen and oxygen atoms in total. The molecule has 2 heterocycles. The van der Waals surface area contributed by atoms with Crippen LogP contribution < -0.4 is 0 Å². The first-order valence-corrected chi connectivity index (χ1v) is 8.16. The second-order valence-electron chi connectivity index (χ2n) is 6.59. The van der Waals surface area contributed by atoms with Crippen LogP contribution in [0.25, 0.3) is 10.8 Å². The normalized spacial score (nSPS) is 11.3. The maximum Gasteiger partial charge on any atom is 0.197 e. The van der Waals surface area contributed by atoms with Crippen molar-refractivity contribution in [3.05, 3.63) is 57.2 Å². The summed E-state index contributed by atoms with van der Waals surface area (Å²) in [5.41, 5.74) is 7.27. The number of carbonyl (C=O) groups excluding carboxylic acids is 1. The van der Waals surface area contributed by atoms with Gasteiger partial charge < -0.3 is 0 Å². The summed E-state index contributed by atoms with van der Waals surface area (Å²) >= 11 is 0. The minimum atomic E-state index is 0.0381. The number of rotatable bonds is 2. The molecule has 0 saturated heterocycles. The van der Waals surface area contributed by atoms with Crippen molar-refractivity contribution in [1.82, 2.24) is 14.8 Å². The second-order valence-corrected chi connectivity index (χ2v) is 6.59. The average molecular weight is 321 g/mol. The van der Waals surface area contributed by atoms with Gasteiger partial charge in [0.15, 0.2) is 5.78 Å². The van der Waals surface area contributed by atoms with E-state index in [4.69, 9.17) is 0 Å². The molecule has 3 aromatic rings. The standard InChI is InChI=1S/C20H23N3O/c1-10-8-9-16(18-11(2)12(3)21-13(4)17(10)18)20(24)19-14(5)22-23(7)15(19)6/h8-9H,1-7H3. The predicted octanol–water partition coefficient (Wildman–Crippen LogP) is 4.05. The van der Waals surface area contributed by atoms with E-state index >= 15 is 0 Å². The molecule has 0 unspecified atom stereocenters. The molecule has 24 heavy (non-hydrogen) atoms. The fourth-order valence-corrected chi connectivity index (χ4v) is 3.56. The zero-order valence-electron chi connectivity index (χ0n) is 15.4. The number of fused-ring (bicyclic) bond motifs is 1. The quantitative estimate of drug-likeness (QED) is 0.669. The third kappa shape index (κ3) is 2.25. The number of carbonyl (C=O) groups is 1. The number of pyridine rings is 1. The summed E-state index contributed by atoms with van der Waals surface area (Å²) < 4.78 is 1.77. The van der Waals surface area contributed by atoms with Crippen LogP contribution in [-0.2, 0) is 7.05 Å². The van der Waals surface area contributed by atoms with Crippen molar-refractivity contribution in [2.75, 3.05) is 0 Å². The van der Waals surface area contributed by atoms with E-state index in [1.54, 1.807) is 4.68 Å². The van der Waals surface area contributed by atoms with Gasteiger partial charge in [-0.1, -0.05) is 12.1 Å². The molecule has 0 fully saturated rings. The number of aromatic nitrogens is 3. The molecule has 0 saturated carbocycles. The monoisotopic (exact) mass is 321 g/mol. The van der Waals surface area contributed by atoms with Gasteiger partial charge in [-0.15, -0.1) is 0 Å². The van der Waals surface area contributed by atoms with Crippen molar-refractivity contribution in [2.24, 2.45) is 7.05 Å². The van der Waals surface area contributed by atoms with Crippen LogP contribution in [0.5, 0.6) is 0 Å². The molecule has 0 radical (unpaired) electrons. The first kappa shape index (κ1) is 16.4. The van der Waals surface area contributed by atoms with Gasteiger partial charge in [0.05, 0.1) is 11.3 Å². The molecular weight excluding hydrogens is 298 g/mol. The van der Waals surface area contributed by atoms with Gasteiger partial charge in [0, 0.05) is 35.1 Å². The minimum Gasteiger partial charge on any atom is -0.288 e. The molecule has 3 rings (SSSR count). The Labute approximate surface area is 142 Å². The molecule has 0 aliphatic heterocycles. The van der Waals surface area contributed by atoms with Crippen molar-refractivity contribution in [3.63, 3.8) is 0 Å². The lowest BCUT2D eigenvalue weighted by molar-refractivity contribution is 0.103. The van der Waals surface area contributed by atoms with Crippen molar-refractivity contribution < 1.29 is 4.79 Å². The number of hydrogen-bond acceptors (Lipinski definition) is 3. The molecule has 0 spiro atoms. The van der Waals surface area contributed by atoms with Gasteiger partial charge in [0.2, 0.25) is 0 Å². The molecule has 0 aliphatic carbocycles. The van der Waals surface area contributed by atoms with E-state index in [1.807, 2.05) is 53.8 Å². The largest absolute Gasteiger partial charge is 0.288 e. The Morgan fingerprint density at radius 1 is 0.917 bits per heavy atom. The van der Waals surface area contributed by atoms with Crippen molar-refractivity contribution >= 4 is 16.6 Å². The van der Waals surface area contributed by atoms with Gasteiger partial charge in [-0.05, 0) is 58.1 Å². The summed E-state index contributed by atoms with van der Waals surface area (Å²) in [5, 5.41) is 6.50. The van der Waals surface area contributed by atoms with Crippen molar-refractivity contribution in [3.8, 4) is 0 Å². The third-order valence-electron chi connectivity index (χ3n) is 5.01. The molecule has 0 amide bonds. The third-order valence-corrected chi connectivity index (χ3v) is 5.01. The molecule has 4 heteroatoms. The van der Waals surface area contributed by atoms with Crippen molar-refractivity contribution in [2.45, 2.75) is 41.5 Å². The van der Waals surface area contributed by atoms with Crippen LogP contribution in [-0.4, -0.2) is 20.5 Å². The summed E-state index contributed by atoms with van der Waals surface area (Å²) in [6, 6.07) is 3.96. The fourth-order valence-electron chi connectivity index (χ4n) is 3.56. The number of hydrogen-bond donors (Lipinski definition) is 0. The fraction of sp³-hybridized carbons (Fsp3) is 0.350. The predicted molar refractivity (Wildman–Crippen MR) is 96.8 cm³/mol. The van der Waals surface area contributed by atoms with Gasteiger partial charge in [-0.25, -0.2) is 0 Å². The van der Waals surface area contributed by atoms with Crippen LogP contribution in [0.15, 0.2) is 12.1 Å². The number of ketones is 1. The summed E-state index contributed by atoms with van der Waals surface area (Å²) in [6.45, 7) is 12.0. The van der Waals surface area contributed by atoms with Gasteiger partial charge in [0.1, 0.15) is 0 Å². The highest BCUT2D eigenvalue weighted by Gasteiger charge is 2.23. The Morgan fingerprint density at radius 2 is 1.58 bits per heavy atom. The van der Waals surface area contributed by atoms with E-state index in [-0.39, 0.29) is 5.78 Å². The maximum atomic E-state index is 13.3. The van der Waals surface area contributed by atoms with Crippen LogP contribution in [0, 0.1) is 41.5 Å². The van der Waals surface area contributed by atoms with Crippen LogP contribution >= 0.6 is 0 Å². The highest BCUT2D eigenvalue weighted by atomic mass is 16.1. The lowest BCUT2D eigenvalue weighted by Gasteiger charge is -2.15. The van der Waals surface area contributed by atoms with E-state index < -0.39 is 0 Å². The molecule has 1 aromatic carbocycles. The van der Waals surface area contributed by atoms with Crippen molar-refractivity contribution in [1.29, 1.82) is 0 Å². The van der Waals surface area contributed by atoms with Crippen LogP contribution in [0.4, 0.5) is 0 Å². The highest BCUT2D eigenvalue weighted by Crippen LogP contribution is 2.31. The van der Waals surface area contributed by atoms with Gasteiger partial charge in [-0.2, -0.15) is 5.10 Å². The molecule has 0 aliphatic rings. The first-order valence-electron chi connectivity index (χ1n) is 8.16. The number of aryl methyl sites for hydroxylation is 6. The summed E-state index contributed by atoms with van der Waals surface area (Å²) in [4.78, 5) is 18.0. The van der Waals surface area contributed by atoms with E-state index in [9.17, 15) is 4.79 Å². The smallest absolute Gasteiger partial charge is 0.197 e. The Morgan fingerprint density at radius 3 is 2.17 bits per heavy atom. The molecule has 0 N–H and O–H groups in total. The lowest BCUT2D eigenvalue weighted by Crippen LogP contribution is -2.08. The van der Waals surface area contributed by atoms with E-state index in [0.29, 0.717) is 5.56 Å². The average Bonchev–Trinajstić information content (AvgIpc) is 2.76. The Hall–Kier alpha value is -2.49. The Balaban J connectivity index is 2.39. The van der Waals surface area contributed by atoms with Gasteiger partial charge in [0.25, 0.3) is 0 Å². The molecule has 124 valence electrons. The molecule has 0 bridgehead atoms. The van der Waals surface area contributed by atoms with Crippen LogP contribution in [0.1, 0.15) is 49.8 Å². The Kier molecular flexibility index (Phi) is 3.78. The number of nitrogens with zero attached hydrogens (tertiary/aromatic N) is 3. The van der Waals surface area contributed by atoms with Gasteiger partial charge in [-0.3, -0.25) is 14.5 Å². The highest BCUT2D eigenvalue weighted by molar-refractivity contribution is 6.18. The summed E-state index contributed by atoms with van der Waals surface area (Å²) in [6.07, 6.45) is 0. The SMILES string of the molecule is Cc1nn(C)c(C)c1C(=O)c1ccc(C)c2c(C)nc(C)c(C)c12. The van der Waals surface area contributed by atoms with E-state index in [0.717, 1.165) is 50.2 Å². The van der Waals surface area contributed by atoms with Crippen LogP contribution in [0.2, 0.25) is 0 Å². The van der Waals surface area contributed by atoms with Crippen LogP contribution in [0.3, 0.4) is 0 Å². The lowest BCUT2D eigenvalue weighted by atomic mass is 9.90. The van der Waals surface area contributed by atoms with E-state index in [2.05, 4.69) is 17.0 Å². The maximum absolute atomic E-state index is 13.3. The Bertz CT molecular complexity index is 996. The molecular formula is C20H23N3O. The first-order chi connectivity index (χ1) is 11.2. The summed E-state index contributed by atoms with van der Waals surface area (Å²) in [7, 11) is 1.87. The van der Waals surface area contributed by atoms with Gasteiger partial charge >= 0.3 is 0 Å². The zero-order chi connectivity index (χ0) is 17.8. The zero-order valence-corrected chi connectivity index (χ0v) is 15.4. The molecule has 2 aromatic heterocycles. The number of benzene rings is 1. The molecule has 0 atom stereocenters. The van der Waals surface area contributed by atoms with E-state index in [1.165, 1.54) is 0 Å². The topological polar surface area (TPSA) is 47.8 Å². The minimum absolute atomic E-state index is 0.0381.